The lowest BCUT2D eigenvalue weighted by Gasteiger charge is -2.06. The molecule has 0 aliphatic rings. The van der Waals surface area contributed by atoms with Crippen molar-refractivity contribution in [3.63, 3.8) is 0 Å². The van der Waals surface area contributed by atoms with Gasteiger partial charge in [-0.25, -0.2) is 4.98 Å². The number of benzene rings is 1. The van der Waals surface area contributed by atoms with Crippen molar-refractivity contribution in [2.75, 3.05) is 6.54 Å². The first-order valence-electron chi connectivity index (χ1n) is 5.36. The van der Waals surface area contributed by atoms with E-state index < -0.39 is 0 Å². The Bertz CT molecular complexity index is 471. The standard InChI is InChI=1S/C12H13BrClN3/c13-11-2-1-10(7-12(11)14)8-15-3-5-17-6-4-16-9-17/h1-2,4,6-7,9,15H,3,5,8H2. The van der Waals surface area contributed by atoms with Crippen LogP contribution in [-0.2, 0) is 13.1 Å². The van der Waals surface area contributed by atoms with E-state index in [4.69, 9.17) is 11.6 Å². The van der Waals surface area contributed by atoms with Crippen LogP contribution in [0.25, 0.3) is 0 Å². The van der Waals surface area contributed by atoms with Gasteiger partial charge in [0, 0.05) is 36.5 Å². The summed E-state index contributed by atoms with van der Waals surface area (Å²) in [5.74, 6) is 0. The van der Waals surface area contributed by atoms with Gasteiger partial charge in [-0.05, 0) is 33.6 Å². The Hall–Kier alpha value is -0.840. The zero-order chi connectivity index (χ0) is 12.1. The van der Waals surface area contributed by atoms with Gasteiger partial charge in [0.15, 0.2) is 0 Å². The fraction of sp³-hybridized carbons (Fsp3) is 0.250. The van der Waals surface area contributed by atoms with Gasteiger partial charge in [-0.3, -0.25) is 0 Å². The van der Waals surface area contributed by atoms with Crippen LogP contribution in [0.1, 0.15) is 5.56 Å². The zero-order valence-electron chi connectivity index (χ0n) is 9.24. The molecule has 0 unspecified atom stereocenters. The van der Waals surface area contributed by atoms with Crippen molar-refractivity contribution >= 4 is 27.5 Å². The summed E-state index contributed by atoms with van der Waals surface area (Å²) >= 11 is 9.40. The summed E-state index contributed by atoms with van der Waals surface area (Å²) in [5.41, 5.74) is 1.18. The van der Waals surface area contributed by atoms with E-state index in [-0.39, 0.29) is 0 Å². The van der Waals surface area contributed by atoms with E-state index in [1.54, 1.807) is 6.20 Å². The topological polar surface area (TPSA) is 29.9 Å². The first kappa shape index (κ1) is 12.6. The number of rotatable bonds is 5. The molecule has 5 heteroatoms. The summed E-state index contributed by atoms with van der Waals surface area (Å²) < 4.78 is 2.98. The molecule has 1 aromatic carbocycles. The number of imidazole rings is 1. The predicted octanol–water partition coefficient (Wildman–Crippen LogP) is 3.09. The normalized spacial score (nSPS) is 10.7. The number of hydrogen-bond donors (Lipinski definition) is 1. The van der Waals surface area contributed by atoms with Gasteiger partial charge in [0.25, 0.3) is 0 Å². The van der Waals surface area contributed by atoms with Crippen LogP contribution in [0.5, 0.6) is 0 Å². The molecule has 0 atom stereocenters. The highest BCUT2D eigenvalue weighted by Gasteiger charge is 1.98. The summed E-state index contributed by atoms with van der Waals surface area (Å²) in [6, 6.07) is 5.99. The van der Waals surface area contributed by atoms with Gasteiger partial charge >= 0.3 is 0 Å². The third-order valence-electron chi connectivity index (χ3n) is 2.42. The van der Waals surface area contributed by atoms with Gasteiger partial charge in [-0.1, -0.05) is 17.7 Å². The van der Waals surface area contributed by atoms with Crippen LogP contribution in [0.15, 0.2) is 41.4 Å². The Balaban J connectivity index is 1.76. The van der Waals surface area contributed by atoms with Crippen molar-refractivity contribution in [3.05, 3.63) is 52.0 Å². The Morgan fingerprint density at radius 1 is 1.41 bits per heavy atom. The molecule has 0 amide bonds. The smallest absolute Gasteiger partial charge is 0.0946 e. The van der Waals surface area contributed by atoms with Gasteiger partial charge < -0.3 is 9.88 Å². The summed E-state index contributed by atoms with van der Waals surface area (Å²) in [6.07, 6.45) is 5.56. The van der Waals surface area contributed by atoms with Gasteiger partial charge in [-0.15, -0.1) is 0 Å². The molecule has 0 aliphatic heterocycles. The maximum atomic E-state index is 6.02. The number of halogens is 2. The lowest BCUT2D eigenvalue weighted by Crippen LogP contribution is -2.18. The average Bonchev–Trinajstić information content (AvgIpc) is 2.82. The van der Waals surface area contributed by atoms with E-state index in [2.05, 4.69) is 32.3 Å². The predicted molar refractivity (Wildman–Crippen MR) is 73.1 cm³/mol. The maximum absolute atomic E-state index is 6.02. The molecule has 0 aliphatic carbocycles. The fourth-order valence-corrected chi connectivity index (χ4v) is 1.96. The molecule has 1 heterocycles. The van der Waals surface area contributed by atoms with Crippen LogP contribution in [0.4, 0.5) is 0 Å². The van der Waals surface area contributed by atoms with Crippen LogP contribution < -0.4 is 5.32 Å². The SMILES string of the molecule is Clc1cc(CNCCn2ccnc2)ccc1Br. The third kappa shape index (κ3) is 3.84. The van der Waals surface area contributed by atoms with E-state index >= 15 is 0 Å². The fourth-order valence-electron chi connectivity index (χ4n) is 1.51. The summed E-state index contributed by atoms with van der Waals surface area (Å²) in [6.45, 7) is 2.65. The minimum absolute atomic E-state index is 0.749. The van der Waals surface area contributed by atoms with E-state index in [1.807, 2.05) is 29.2 Å². The second-order valence-electron chi connectivity index (χ2n) is 3.73. The molecule has 0 radical (unpaired) electrons. The molecule has 0 saturated heterocycles. The lowest BCUT2D eigenvalue weighted by molar-refractivity contribution is 0.597. The molecule has 0 saturated carbocycles. The van der Waals surface area contributed by atoms with Gasteiger partial charge in [0.2, 0.25) is 0 Å². The minimum Gasteiger partial charge on any atom is -0.336 e. The second-order valence-corrected chi connectivity index (χ2v) is 4.99. The number of nitrogens with one attached hydrogen (secondary N) is 1. The lowest BCUT2D eigenvalue weighted by atomic mass is 10.2. The zero-order valence-corrected chi connectivity index (χ0v) is 11.6. The highest BCUT2D eigenvalue weighted by atomic mass is 79.9. The van der Waals surface area contributed by atoms with Crippen molar-refractivity contribution in [2.45, 2.75) is 13.1 Å². The van der Waals surface area contributed by atoms with Crippen molar-refractivity contribution < 1.29 is 0 Å². The van der Waals surface area contributed by atoms with Crippen molar-refractivity contribution in [1.29, 1.82) is 0 Å². The van der Waals surface area contributed by atoms with Gasteiger partial charge in [-0.2, -0.15) is 0 Å². The Morgan fingerprint density at radius 2 is 2.29 bits per heavy atom. The van der Waals surface area contributed by atoms with E-state index in [0.29, 0.717) is 0 Å². The van der Waals surface area contributed by atoms with E-state index in [1.165, 1.54) is 5.56 Å². The Labute approximate surface area is 114 Å². The number of aromatic nitrogens is 2. The molecule has 2 rings (SSSR count). The molecule has 0 spiro atoms. The molecule has 90 valence electrons. The average molecular weight is 315 g/mol. The largest absolute Gasteiger partial charge is 0.336 e. The second kappa shape index (κ2) is 6.19. The van der Waals surface area contributed by atoms with Crippen LogP contribution in [0.3, 0.4) is 0 Å². The minimum atomic E-state index is 0.749. The molecular weight excluding hydrogens is 302 g/mol. The molecule has 0 bridgehead atoms. The van der Waals surface area contributed by atoms with E-state index in [9.17, 15) is 0 Å². The number of hydrogen-bond acceptors (Lipinski definition) is 2. The molecule has 1 N–H and O–H groups in total. The summed E-state index contributed by atoms with van der Waals surface area (Å²) in [5, 5.41) is 4.11. The van der Waals surface area contributed by atoms with Crippen LogP contribution in [-0.4, -0.2) is 16.1 Å². The van der Waals surface area contributed by atoms with Gasteiger partial charge in [0.05, 0.1) is 11.3 Å². The first-order chi connectivity index (χ1) is 8.25. The van der Waals surface area contributed by atoms with E-state index in [0.717, 1.165) is 29.1 Å². The summed E-state index contributed by atoms with van der Waals surface area (Å²) in [7, 11) is 0. The Morgan fingerprint density at radius 3 is 3.00 bits per heavy atom. The molecule has 17 heavy (non-hydrogen) atoms. The maximum Gasteiger partial charge on any atom is 0.0946 e. The van der Waals surface area contributed by atoms with Crippen molar-refractivity contribution in [3.8, 4) is 0 Å². The van der Waals surface area contributed by atoms with Crippen LogP contribution >= 0.6 is 27.5 Å². The first-order valence-corrected chi connectivity index (χ1v) is 6.53. The van der Waals surface area contributed by atoms with Gasteiger partial charge in [0.1, 0.15) is 0 Å². The highest BCUT2D eigenvalue weighted by molar-refractivity contribution is 9.10. The molecule has 1 aromatic heterocycles. The van der Waals surface area contributed by atoms with Crippen LogP contribution in [0.2, 0.25) is 5.02 Å². The molecule has 0 fully saturated rings. The highest BCUT2D eigenvalue weighted by Crippen LogP contribution is 2.22. The van der Waals surface area contributed by atoms with Crippen molar-refractivity contribution in [2.24, 2.45) is 0 Å². The molecule has 2 aromatic rings. The quantitative estimate of drug-likeness (QED) is 0.860. The Kier molecular flexibility index (Phi) is 4.59. The van der Waals surface area contributed by atoms with Crippen LogP contribution in [0, 0.1) is 0 Å². The molecular formula is C12H13BrClN3. The third-order valence-corrected chi connectivity index (χ3v) is 3.65. The van der Waals surface area contributed by atoms with Crippen molar-refractivity contribution in [1.82, 2.24) is 14.9 Å². The summed E-state index contributed by atoms with van der Waals surface area (Å²) in [4.78, 5) is 3.99. The monoisotopic (exact) mass is 313 g/mol. The number of nitrogens with zero attached hydrogens (tertiary/aromatic N) is 2. The molecule has 3 nitrogen and oxygen atoms in total.